The molecule has 0 saturated heterocycles. The molecule has 31 heavy (non-hydrogen) atoms. The van der Waals surface area contributed by atoms with Gasteiger partial charge in [-0.05, 0) is 43.8 Å². The molecule has 4 aromatic rings. The van der Waals surface area contributed by atoms with Crippen LogP contribution in [0.2, 0.25) is 0 Å². The number of carbonyl (C=O) groups excluding carboxylic acids is 1. The van der Waals surface area contributed by atoms with Crippen molar-refractivity contribution in [3.8, 4) is 10.6 Å². The summed E-state index contributed by atoms with van der Waals surface area (Å²) < 4.78 is 1.67. The average Bonchev–Trinajstić information content (AvgIpc) is 3.31. The highest BCUT2D eigenvalue weighted by atomic mass is 32.1. The molecule has 12 heteroatoms. The Morgan fingerprint density at radius 1 is 1.19 bits per heavy atom. The summed E-state index contributed by atoms with van der Waals surface area (Å²) in [6.45, 7) is 3.71. The van der Waals surface area contributed by atoms with E-state index in [0.717, 1.165) is 16.1 Å². The van der Waals surface area contributed by atoms with Crippen molar-refractivity contribution in [1.82, 2.24) is 25.1 Å². The molecule has 0 unspecified atom stereocenters. The normalized spacial score (nSPS) is 10.8. The fourth-order valence-electron chi connectivity index (χ4n) is 2.87. The van der Waals surface area contributed by atoms with Gasteiger partial charge in [0.1, 0.15) is 10.6 Å². The van der Waals surface area contributed by atoms with Gasteiger partial charge in [0, 0.05) is 17.3 Å². The summed E-state index contributed by atoms with van der Waals surface area (Å²) in [5.41, 5.74) is 2.05. The number of nitro groups is 1. The van der Waals surface area contributed by atoms with Crippen LogP contribution in [0.25, 0.3) is 15.5 Å². The molecular formula is C19H15N7O3S2. The van der Waals surface area contributed by atoms with E-state index in [1.54, 1.807) is 10.6 Å². The molecule has 0 radical (unpaired) electrons. The lowest BCUT2D eigenvalue weighted by molar-refractivity contribution is -0.385. The summed E-state index contributed by atoms with van der Waals surface area (Å²) in [6.07, 6.45) is 0. The molecule has 0 fully saturated rings. The third kappa shape index (κ3) is 4.11. The van der Waals surface area contributed by atoms with Crippen molar-refractivity contribution >= 4 is 50.9 Å². The number of aryl methyl sites for hydroxylation is 2. The minimum absolute atomic E-state index is 0.0254. The highest BCUT2D eigenvalue weighted by Crippen LogP contribution is 2.29. The Labute approximate surface area is 185 Å². The van der Waals surface area contributed by atoms with E-state index in [1.807, 2.05) is 32.0 Å². The van der Waals surface area contributed by atoms with Crippen molar-refractivity contribution in [3.05, 3.63) is 69.5 Å². The number of thiocarbonyl (C=S) groups is 1. The van der Waals surface area contributed by atoms with E-state index in [2.05, 4.69) is 25.9 Å². The number of anilines is 1. The van der Waals surface area contributed by atoms with Gasteiger partial charge in [0.2, 0.25) is 4.96 Å². The third-order valence-electron chi connectivity index (χ3n) is 4.45. The lowest BCUT2D eigenvalue weighted by Crippen LogP contribution is -2.34. The number of nitro benzene ring substituents is 1. The van der Waals surface area contributed by atoms with Crippen LogP contribution in [0.3, 0.4) is 0 Å². The van der Waals surface area contributed by atoms with E-state index in [4.69, 9.17) is 12.2 Å². The SMILES string of the molecule is Cc1ccc(-c2nn3c(C)nnc3s2)cc1NC(=S)NC(=O)c1ccccc1[N+](=O)[O-]. The molecule has 2 aromatic carbocycles. The summed E-state index contributed by atoms with van der Waals surface area (Å²) in [5, 5.41) is 30.0. The van der Waals surface area contributed by atoms with E-state index in [0.29, 0.717) is 16.5 Å². The zero-order valence-corrected chi connectivity index (χ0v) is 18.0. The monoisotopic (exact) mass is 453 g/mol. The number of amides is 1. The maximum absolute atomic E-state index is 12.5. The molecule has 0 aliphatic rings. The molecule has 4 rings (SSSR count). The van der Waals surface area contributed by atoms with Crippen LogP contribution in [0.15, 0.2) is 42.5 Å². The Morgan fingerprint density at radius 2 is 1.97 bits per heavy atom. The van der Waals surface area contributed by atoms with Gasteiger partial charge in [0.15, 0.2) is 10.9 Å². The first-order valence-corrected chi connectivity index (χ1v) is 10.2. The highest BCUT2D eigenvalue weighted by molar-refractivity contribution is 7.80. The van der Waals surface area contributed by atoms with Crippen molar-refractivity contribution < 1.29 is 9.72 Å². The van der Waals surface area contributed by atoms with Gasteiger partial charge in [-0.25, -0.2) is 0 Å². The van der Waals surface area contributed by atoms with Crippen molar-refractivity contribution in [1.29, 1.82) is 0 Å². The number of benzene rings is 2. The number of rotatable bonds is 4. The van der Waals surface area contributed by atoms with Crippen LogP contribution >= 0.6 is 23.6 Å². The zero-order chi connectivity index (χ0) is 22.1. The van der Waals surface area contributed by atoms with Gasteiger partial charge in [-0.15, -0.1) is 10.2 Å². The fourth-order valence-corrected chi connectivity index (χ4v) is 3.95. The van der Waals surface area contributed by atoms with Crippen LogP contribution in [0.1, 0.15) is 21.7 Å². The van der Waals surface area contributed by atoms with E-state index in [-0.39, 0.29) is 16.4 Å². The molecule has 0 bridgehead atoms. The minimum atomic E-state index is -0.664. The molecular weight excluding hydrogens is 438 g/mol. The quantitative estimate of drug-likeness (QED) is 0.273. The van der Waals surface area contributed by atoms with E-state index < -0.39 is 10.8 Å². The lowest BCUT2D eigenvalue weighted by atomic mass is 10.1. The number of nitrogens with one attached hydrogen (secondary N) is 2. The fraction of sp³-hybridized carbons (Fsp3) is 0.105. The largest absolute Gasteiger partial charge is 0.332 e. The highest BCUT2D eigenvalue weighted by Gasteiger charge is 2.20. The second kappa shape index (κ2) is 8.16. The molecule has 0 saturated carbocycles. The molecule has 0 atom stereocenters. The summed E-state index contributed by atoms with van der Waals surface area (Å²) in [7, 11) is 0. The third-order valence-corrected chi connectivity index (χ3v) is 5.60. The predicted molar refractivity (Wildman–Crippen MR) is 120 cm³/mol. The summed E-state index contributed by atoms with van der Waals surface area (Å²) in [5.74, 6) is 0.0320. The molecule has 156 valence electrons. The van der Waals surface area contributed by atoms with Gasteiger partial charge < -0.3 is 5.32 Å². The van der Waals surface area contributed by atoms with Crippen LogP contribution in [0.5, 0.6) is 0 Å². The first-order valence-electron chi connectivity index (χ1n) is 8.99. The Morgan fingerprint density at radius 3 is 2.71 bits per heavy atom. The van der Waals surface area contributed by atoms with Crippen LogP contribution < -0.4 is 10.6 Å². The Kier molecular flexibility index (Phi) is 5.40. The Bertz CT molecular complexity index is 1350. The van der Waals surface area contributed by atoms with Crippen molar-refractivity contribution in [2.45, 2.75) is 13.8 Å². The number of nitrogens with zero attached hydrogens (tertiary/aromatic N) is 5. The van der Waals surface area contributed by atoms with Gasteiger partial charge >= 0.3 is 0 Å². The minimum Gasteiger partial charge on any atom is -0.332 e. The maximum Gasteiger partial charge on any atom is 0.282 e. The van der Waals surface area contributed by atoms with Crippen molar-refractivity contribution in [2.75, 3.05) is 5.32 Å². The van der Waals surface area contributed by atoms with Crippen LogP contribution in [0, 0.1) is 24.0 Å². The molecule has 0 aliphatic carbocycles. The topological polar surface area (TPSA) is 127 Å². The number of fused-ring (bicyclic) bond motifs is 1. The number of para-hydroxylation sites is 1. The summed E-state index contributed by atoms with van der Waals surface area (Å²) in [4.78, 5) is 23.7. The predicted octanol–water partition coefficient (Wildman–Crippen LogP) is 3.50. The van der Waals surface area contributed by atoms with E-state index in [1.165, 1.54) is 29.5 Å². The molecule has 1 amide bonds. The first kappa shape index (κ1) is 20.5. The molecule has 2 aromatic heterocycles. The number of hydrogen-bond donors (Lipinski definition) is 2. The van der Waals surface area contributed by atoms with Gasteiger partial charge in [-0.2, -0.15) is 9.61 Å². The zero-order valence-electron chi connectivity index (χ0n) is 16.3. The molecule has 2 N–H and O–H groups in total. The average molecular weight is 454 g/mol. The maximum atomic E-state index is 12.5. The number of aromatic nitrogens is 4. The van der Waals surface area contributed by atoms with Gasteiger partial charge in [-0.3, -0.25) is 20.2 Å². The Hall–Kier alpha value is -3.77. The number of hydrogen-bond acceptors (Lipinski definition) is 8. The summed E-state index contributed by atoms with van der Waals surface area (Å²) >= 11 is 6.65. The van der Waals surface area contributed by atoms with Crippen LogP contribution in [-0.2, 0) is 0 Å². The molecule has 2 heterocycles. The van der Waals surface area contributed by atoms with Crippen molar-refractivity contribution in [3.63, 3.8) is 0 Å². The molecule has 10 nitrogen and oxygen atoms in total. The van der Waals surface area contributed by atoms with E-state index >= 15 is 0 Å². The van der Waals surface area contributed by atoms with Crippen LogP contribution in [0.4, 0.5) is 11.4 Å². The second-order valence-corrected chi connectivity index (χ2v) is 7.93. The van der Waals surface area contributed by atoms with Gasteiger partial charge in [0.05, 0.1) is 4.92 Å². The number of carbonyl (C=O) groups is 1. The van der Waals surface area contributed by atoms with Crippen LogP contribution in [-0.4, -0.2) is 35.8 Å². The first-order chi connectivity index (χ1) is 14.8. The Balaban J connectivity index is 1.54. The smallest absolute Gasteiger partial charge is 0.282 e. The standard InChI is InChI=1S/C19H15N7O3S2/c1-10-7-8-12(17-24-25-11(2)22-23-19(25)31-17)9-14(10)20-18(30)21-16(27)13-5-3-4-6-15(13)26(28)29/h3-9H,1-2H3,(H2,20,21,27,30). The summed E-state index contributed by atoms with van der Waals surface area (Å²) in [6, 6.07) is 11.4. The van der Waals surface area contributed by atoms with Crippen molar-refractivity contribution in [2.24, 2.45) is 0 Å². The van der Waals surface area contributed by atoms with Gasteiger partial charge in [0.25, 0.3) is 11.6 Å². The van der Waals surface area contributed by atoms with E-state index in [9.17, 15) is 14.9 Å². The molecule has 0 spiro atoms. The molecule has 0 aliphatic heterocycles. The second-order valence-electron chi connectivity index (χ2n) is 6.56. The van der Waals surface area contributed by atoms with Gasteiger partial charge in [-0.1, -0.05) is 35.6 Å². The lowest BCUT2D eigenvalue weighted by Gasteiger charge is -2.13.